The van der Waals surface area contributed by atoms with E-state index in [4.69, 9.17) is 11.6 Å². The lowest BCUT2D eigenvalue weighted by Crippen LogP contribution is -1.89. The van der Waals surface area contributed by atoms with Gasteiger partial charge in [-0.25, -0.2) is 4.98 Å². The van der Waals surface area contributed by atoms with Gasteiger partial charge in [0.15, 0.2) is 5.78 Å². The third-order valence-electron chi connectivity index (χ3n) is 2.28. The molecule has 17 heavy (non-hydrogen) atoms. The third kappa shape index (κ3) is 2.59. The number of thiazole rings is 1. The van der Waals surface area contributed by atoms with E-state index >= 15 is 0 Å². The first-order chi connectivity index (χ1) is 7.99. The number of carbonyl (C=O) groups is 1. The largest absolute Gasteiger partial charge is 0.294 e. The second-order valence-electron chi connectivity index (χ2n) is 3.61. The molecule has 0 N–H and O–H groups in total. The predicted octanol–water partition coefficient (Wildman–Crippen LogP) is 4.74. The van der Waals surface area contributed by atoms with E-state index in [2.05, 4.69) is 20.9 Å². The van der Waals surface area contributed by atoms with Crippen molar-refractivity contribution in [2.24, 2.45) is 0 Å². The number of rotatable bonds is 2. The highest BCUT2D eigenvalue weighted by Gasteiger charge is 2.14. The molecule has 0 atom stereocenters. The average Bonchev–Trinajstić information content (AvgIpc) is 2.60. The van der Waals surface area contributed by atoms with E-state index in [1.807, 2.05) is 25.1 Å². The first-order valence-electron chi connectivity index (χ1n) is 4.93. The van der Waals surface area contributed by atoms with E-state index in [0.717, 1.165) is 20.7 Å². The molecule has 0 saturated heterocycles. The summed E-state index contributed by atoms with van der Waals surface area (Å²) in [6, 6.07) is 5.53. The maximum Gasteiger partial charge on any atom is 0.171 e. The molecule has 0 saturated carbocycles. The number of benzene rings is 1. The van der Waals surface area contributed by atoms with Crippen molar-refractivity contribution in [1.29, 1.82) is 0 Å². The Morgan fingerprint density at radius 3 is 2.71 bits per heavy atom. The average molecular weight is 331 g/mol. The number of hydrogen-bond acceptors (Lipinski definition) is 3. The van der Waals surface area contributed by atoms with Gasteiger partial charge in [-0.15, -0.1) is 11.3 Å². The van der Waals surface area contributed by atoms with Crippen molar-refractivity contribution in [2.45, 2.75) is 13.8 Å². The van der Waals surface area contributed by atoms with E-state index in [1.165, 1.54) is 11.3 Å². The molecule has 0 spiro atoms. The van der Waals surface area contributed by atoms with Crippen LogP contribution in [0.3, 0.4) is 0 Å². The van der Waals surface area contributed by atoms with Crippen molar-refractivity contribution in [2.75, 3.05) is 0 Å². The summed E-state index contributed by atoms with van der Waals surface area (Å²) in [5.41, 5.74) is 1.73. The molecule has 1 aromatic heterocycles. The van der Waals surface area contributed by atoms with Crippen LogP contribution in [-0.2, 0) is 0 Å². The van der Waals surface area contributed by atoms with E-state index in [-0.39, 0.29) is 5.78 Å². The van der Waals surface area contributed by atoms with Gasteiger partial charge in [-0.05, 0) is 25.1 Å². The van der Waals surface area contributed by atoms with Crippen molar-refractivity contribution in [3.05, 3.63) is 38.3 Å². The fourth-order valence-corrected chi connectivity index (χ4v) is 3.50. The number of hydrogen-bond donors (Lipinski definition) is 0. The monoisotopic (exact) mass is 329 g/mol. The van der Waals surface area contributed by atoms with Crippen LogP contribution in [0.1, 0.15) is 22.3 Å². The highest BCUT2D eigenvalue weighted by Crippen LogP contribution is 2.34. The summed E-state index contributed by atoms with van der Waals surface area (Å²) >= 11 is 10.7. The topological polar surface area (TPSA) is 30.0 Å². The molecule has 0 bridgehead atoms. The highest BCUT2D eigenvalue weighted by atomic mass is 79.9. The van der Waals surface area contributed by atoms with Crippen molar-refractivity contribution in [1.82, 2.24) is 4.98 Å². The molecule has 1 heterocycles. The number of halogens is 2. The molecule has 2 rings (SSSR count). The molecule has 5 heteroatoms. The number of aromatic nitrogens is 1. The predicted molar refractivity (Wildman–Crippen MR) is 75.0 cm³/mol. The minimum Gasteiger partial charge on any atom is -0.294 e. The van der Waals surface area contributed by atoms with Gasteiger partial charge in [0.2, 0.25) is 0 Å². The summed E-state index contributed by atoms with van der Waals surface area (Å²) in [5.74, 6) is 0.0522. The second-order valence-corrected chi connectivity index (χ2v) is 5.90. The van der Waals surface area contributed by atoms with Crippen LogP contribution >= 0.6 is 38.9 Å². The molecular formula is C12H9BrClNOS. The zero-order valence-electron chi connectivity index (χ0n) is 9.25. The molecule has 0 unspecified atom stereocenters. The number of ketones is 1. The summed E-state index contributed by atoms with van der Waals surface area (Å²) < 4.78 is 0.883. The van der Waals surface area contributed by atoms with Gasteiger partial charge in [0, 0.05) is 22.0 Å². The van der Waals surface area contributed by atoms with Gasteiger partial charge in [-0.2, -0.15) is 0 Å². The van der Waals surface area contributed by atoms with Gasteiger partial charge >= 0.3 is 0 Å². The van der Waals surface area contributed by atoms with E-state index < -0.39 is 0 Å². The number of carbonyl (C=O) groups excluding carboxylic acids is 1. The number of nitrogens with zero attached hydrogens (tertiary/aromatic N) is 1. The van der Waals surface area contributed by atoms with Crippen molar-refractivity contribution < 1.29 is 4.79 Å². The Hall–Kier alpha value is -0.710. The molecule has 0 aliphatic rings. The van der Waals surface area contributed by atoms with Crippen molar-refractivity contribution in [3.63, 3.8) is 0 Å². The van der Waals surface area contributed by atoms with Gasteiger partial charge in [0.1, 0.15) is 5.01 Å². The Bertz CT molecular complexity index is 594. The maximum atomic E-state index is 11.4. The van der Waals surface area contributed by atoms with Gasteiger partial charge in [-0.3, -0.25) is 4.79 Å². The minimum atomic E-state index is 0.0522. The lowest BCUT2D eigenvalue weighted by atomic mass is 10.2. The molecular weight excluding hydrogens is 322 g/mol. The Morgan fingerprint density at radius 2 is 2.18 bits per heavy atom. The van der Waals surface area contributed by atoms with Gasteiger partial charge in [0.25, 0.3) is 0 Å². The van der Waals surface area contributed by atoms with E-state index in [1.54, 1.807) is 6.92 Å². The summed E-state index contributed by atoms with van der Waals surface area (Å²) in [5, 5.41) is 1.50. The van der Waals surface area contributed by atoms with Crippen LogP contribution in [0.4, 0.5) is 0 Å². The maximum absolute atomic E-state index is 11.4. The lowest BCUT2D eigenvalue weighted by molar-refractivity contribution is 0.102. The van der Waals surface area contributed by atoms with E-state index in [0.29, 0.717) is 9.90 Å². The van der Waals surface area contributed by atoms with Crippen LogP contribution < -0.4 is 0 Å². The van der Waals surface area contributed by atoms with Crippen molar-refractivity contribution >= 4 is 44.7 Å². The van der Waals surface area contributed by atoms with Crippen molar-refractivity contribution in [3.8, 4) is 10.6 Å². The van der Waals surface area contributed by atoms with Crippen LogP contribution in [0.15, 0.2) is 22.7 Å². The Labute approximate surface area is 117 Å². The summed E-state index contributed by atoms with van der Waals surface area (Å²) in [6.07, 6.45) is 0. The normalized spacial score (nSPS) is 10.6. The Morgan fingerprint density at radius 1 is 1.47 bits per heavy atom. The second kappa shape index (κ2) is 4.88. The molecule has 0 aliphatic carbocycles. The molecule has 0 fully saturated rings. The van der Waals surface area contributed by atoms with Crippen LogP contribution in [0, 0.1) is 6.92 Å². The fourth-order valence-electron chi connectivity index (χ4n) is 1.50. The Kier molecular flexibility index (Phi) is 3.66. The molecule has 88 valence electrons. The van der Waals surface area contributed by atoms with Crippen LogP contribution in [-0.4, -0.2) is 10.8 Å². The lowest BCUT2D eigenvalue weighted by Gasteiger charge is -2.00. The number of Topliss-reactive ketones (excluding diaryl/α,β-unsaturated/α-hetero) is 1. The summed E-state index contributed by atoms with van der Waals surface area (Å²) in [7, 11) is 0. The Balaban J connectivity index is 2.53. The molecule has 0 aliphatic heterocycles. The van der Waals surface area contributed by atoms with Gasteiger partial charge in [-0.1, -0.05) is 27.5 Å². The minimum absolute atomic E-state index is 0.0522. The van der Waals surface area contributed by atoms with Gasteiger partial charge < -0.3 is 0 Å². The van der Waals surface area contributed by atoms with Crippen LogP contribution in [0.25, 0.3) is 10.6 Å². The molecule has 0 radical (unpaired) electrons. The fraction of sp³-hybridized carbons (Fsp3) is 0.167. The summed E-state index contributed by atoms with van der Waals surface area (Å²) in [4.78, 5) is 16.5. The first-order valence-corrected chi connectivity index (χ1v) is 6.91. The van der Waals surface area contributed by atoms with Gasteiger partial charge in [0.05, 0.1) is 10.6 Å². The molecule has 2 nitrogen and oxygen atoms in total. The SMILES string of the molecule is CC(=O)c1sc(-c2ccc(Cl)cc2Br)nc1C. The quantitative estimate of drug-likeness (QED) is 0.745. The zero-order valence-corrected chi connectivity index (χ0v) is 12.4. The third-order valence-corrected chi connectivity index (χ3v) is 4.46. The highest BCUT2D eigenvalue weighted by molar-refractivity contribution is 9.10. The summed E-state index contributed by atoms with van der Waals surface area (Å²) in [6.45, 7) is 3.40. The molecule has 0 amide bonds. The smallest absolute Gasteiger partial charge is 0.171 e. The van der Waals surface area contributed by atoms with Crippen LogP contribution in [0.5, 0.6) is 0 Å². The standard InChI is InChI=1S/C12H9BrClNOS/c1-6-11(7(2)16)17-12(15-6)9-4-3-8(14)5-10(9)13/h3-5H,1-2H3. The zero-order chi connectivity index (χ0) is 12.6. The molecule has 2 aromatic rings. The van der Waals surface area contributed by atoms with Crippen LogP contribution in [0.2, 0.25) is 5.02 Å². The molecule has 1 aromatic carbocycles. The number of aryl methyl sites for hydroxylation is 1. The van der Waals surface area contributed by atoms with E-state index in [9.17, 15) is 4.79 Å². The first kappa shape index (κ1) is 12.7.